The minimum atomic E-state index is -0.237. The Hall–Kier alpha value is -1.36. The molecule has 1 saturated carbocycles. The molecule has 0 aliphatic heterocycles. The molecule has 0 unspecified atom stereocenters. The number of amides is 1. The van der Waals surface area contributed by atoms with E-state index in [-0.39, 0.29) is 23.4 Å². The highest BCUT2D eigenvalue weighted by atomic mass is 32.2. The highest BCUT2D eigenvalue weighted by molar-refractivity contribution is 7.99. The molecule has 0 heterocycles. The van der Waals surface area contributed by atoms with Gasteiger partial charge in [-0.15, -0.1) is 0 Å². The number of hydrogen-bond donors (Lipinski definition) is 3. The average Bonchev–Trinajstić information content (AvgIpc) is 2.38. The normalized spacial score (nSPS) is 23.0. The van der Waals surface area contributed by atoms with Gasteiger partial charge in [0.1, 0.15) is 11.5 Å². The molecule has 1 aliphatic carbocycles. The zero-order valence-electron chi connectivity index (χ0n) is 10.9. The Morgan fingerprint density at radius 1 is 1.16 bits per heavy atom. The Bertz CT molecular complexity index is 436. The summed E-state index contributed by atoms with van der Waals surface area (Å²) >= 11 is 1.89. The van der Waals surface area contributed by atoms with Gasteiger partial charge in [-0.1, -0.05) is 0 Å². The van der Waals surface area contributed by atoms with E-state index < -0.39 is 0 Å². The zero-order chi connectivity index (χ0) is 13.8. The van der Waals surface area contributed by atoms with Gasteiger partial charge in [-0.25, -0.2) is 0 Å². The molecule has 104 valence electrons. The molecule has 1 amide bonds. The second-order valence-corrected chi connectivity index (χ2v) is 6.06. The van der Waals surface area contributed by atoms with Crippen molar-refractivity contribution in [3.63, 3.8) is 0 Å². The third-order valence-electron chi connectivity index (χ3n) is 3.51. The zero-order valence-corrected chi connectivity index (χ0v) is 11.7. The average molecular weight is 281 g/mol. The molecule has 5 heteroatoms. The molecule has 1 fully saturated rings. The smallest absolute Gasteiger partial charge is 0.251 e. The molecule has 19 heavy (non-hydrogen) atoms. The van der Waals surface area contributed by atoms with Crippen LogP contribution in [-0.2, 0) is 0 Å². The van der Waals surface area contributed by atoms with Crippen LogP contribution in [0.5, 0.6) is 11.5 Å². The van der Waals surface area contributed by atoms with Crippen molar-refractivity contribution in [2.45, 2.75) is 37.0 Å². The predicted octanol–water partition coefficient (Wildman–Crippen LogP) is 2.50. The van der Waals surface area contributed by atoms with E-state index in [9.17, 15) is 15.0 Å². The van der Waals surface area contributed by atoms with Crippen LogP contribution in [0.3, 0.4) is 0 Å². The van der Waals surface area contributed by atoms with Crippen molar-refractivity contribution in [3.05, 3.63) is 23.8 Å². The summed E-state index contributed by atoms with van der Waals surface area (Å²) in [6, 6.07) is 4.13. The molecule has 0 aromatic heterocycles. The van der Waals surface area contributed by atoms with Crippen LogP contribution in [0.25, 0.3) is 0 Å². The Morgan fingerprint density at radius 2 is 1.74 bits per heavy atom. The molecule has 1 aromatic rings. The lowest BCUT2D eigenvalue weighted by Crippen LogP contribution is -2.38. The molecule has 1 aliphatic rings. The summed E-state index contributed by atoms with van der Waals surface area (Å²) in [6.07, 6.45) is 6.35. The first-order valence-electron chi connectivity index (χ1n) is 6.45. The van der Waals surface area contributed by atoms with E-state index in [1.54, 1.807) is 0 Å². The molecule has 0 spiro atoms. The molecule has 0 atom stereocenters. The van der Waals surface area contributed by atoms with E-state index in [1.165, 1.54) is 18.2 Å². The third-order valence-corrected chi connectivity index (χ3v) is 4.65. The maximum atomic E-state index is 12.0. The fourth-order valence-electron chi connectivity index (χ4n) is 2.44. The molecule has 4 nitrogen and oxygen atoms in total. The monoisotopic (exact) mass is 281 g/mol. The quantitative estimate of drug-likeness (QED) is 0.796. The van der Waals surface area contributed by atoms with E-state index in [0.29, 0.717) is 10.8 Å². The number of aromatic hydroxyl groups is 2. The van der Waals surface area contributed by atoms with Gasteiger partial charge >= 0.3 is 0 Å². The van der Waals surface area contributed by atoms with Crippen LogP contribution >= 0.6 is 11.8 Å². The second-order valence-electron chi connectivity index (χ2n) is 4.92. The van der Waals surface area contributed by atoms with Crippen LogP contribution < -0.4 is 5.32 Å². The van der Waals surface area contributed by atoms with Gasteiger partial charge in [0.15, 0.2) is 0 Å². The van der Waals surface area contributed by atoms with Crippen LogP contribution in [0, 0.1) is 0 Å². The fraction of sp³-hybridized carbons (Fsp3) is 0.500. The Kier molecular flexibility index (Phi) is 4.58. The Labute approximate surface area is 117 Å². The van der Waals surface area contributed by atoms with E-state index in [4.69, 9.17) is 0 Å². The molecule has 2 rings (SSSR count). The lowest BCUT2D eigenvalue weighted by Gasteiger charge is -2.28. The van der Waals surface area contributed by atoms with E-state index in [1.807, 2.05) is 11.8 Å². The molecular weight excluding hydrogens is 262 g/mol. The molecule has 1 aromatic carbocycles. The Balaban J connectivity index is 1.94. The molecule has 0 radical (unpaired) electrons. The Morgan fingerprint density at radius 3 is 2.26 bits per heavy atom. The van der Waals surface area contributed by atoms with Crippen molar-refractivity contribution in [2.24, 2.45) is 0 Å². The highest BCUT2D eigenvalue weighted by Crippen LogP contribution is 2.27. The SMILES string of the molecule is CSC1CCC(NC(=O)c2cc(O)cc(O)c2)CC1. The topological polar surface area (TPSA) is 69.6 Å². The first kappa shape index (κ1) is 14.1. The lowest BCUT2D eigenvalue weighted by molar-refractivity contribution is 0.0927. The summed E-state index contributed by atoms with van der Waals surface area (Å²) in [5.74, 6) is -0.439. The summed E-state index contributed by atoms with van der Waals surface area (Å²) in [6.45, 7) is 0. The minimum absolute atomic E-state index is 0.101. The number of hydrogen-bond acceptors (Lipinski definition) is 4. The number of phenols is 2. The van der Waals surface area contributed by atoms with Gasteiger partial charge in [0.25, 0.3) is 5.91 Å². The van der Waals surface area contributed by atoms with Crippen LogP contribution in [0.2, 0.25) is 0 Å². The number of nitrogens with one attached hydrogen (secondary N) is 1. The van der Waals surface area contributed by atoms with Gasteiger partial charge in [0, 0.05) is 22.9 Å². The lowest BCUT2D eigenvalue weighted by atomic mass is 9.94. The minimum Gasteiger partial charge on any atom is -0.508 e. The summed E-state index contributed by atoms with van der Waals surface area (Å²) in [5, 5.41) is 22.4. The first-order chi connectivity index (χ1) is 9.08. The largest absolute Gasteiger partial charge is 0.508 e. The van der Waals surface area contributed by atoms with Gasteiger partial charge < -0.3 is 15.5 Å². The van der Waals surface area contributed by atoms with Crippen molar-refractivity contribution >= 4 is 17.7 Å². The van der Waals surface area contributed by atoms with Crippen molar-refractivity contribution in [1.29, 1.82) is 0 Å². The summed E-state index contributed by atoms with van der Waals surface area (Å²) in [4.78, 5) is 12.0. The van der Waals surface area contributed by atoms with Crippen LogP contribution in [-0.4, -0.2) is 33.7 Å². The molecule has 0 saturated heterocycles. The van der Waals surface area contributed by atoms with Crippen molar-refractivity contribution in [3.8, 4) is 11.5 Å². The number of rotatable bonds is 3. The van der Waals surface area contributed by atoms with Gasteiger partial charge in [0.05, 0.1) is 0 Å². The summed E-state index contributed by atoms with van der Waals surface area (Å²) in [5.41, 5.74) is 0.296. The number of phenolic OH excluding ortho intramolecular Hbond substituents is 2. The van der Waals surface area contributed by atoms with Crippen LogP contribution in [0.4, 0.5) is 0 Å². The first-order valence-corrected chi connectivity index (χ1v) is 7.74. The van der Waals surface area contributed by atoms with Gasteiger partial charge in [0.2, 0.25) is 0 Å². The van der Waals surface area contributed by atoms with Crippen LogP contribution in [0.1, 0.15) is 36.0 Å². The summed E-state index contributed by atoms with van der Waals surface area (Å²) in [7, 11) is 0. The maximum absolute atomic E-state index is 12.0. The van der Waals surface area contributed by atoms with E-state index >= 15 is 0 Å². The van der Waals surface area contributed by atoms with Crippen molar-refractivity contribution in [1.82, 2.24) is 5.32 Å². The van der Waals surface area contributed by atoms with Crippen LogP contribution in [0.15, 0.2) is 18.2 Å². The standard InChI is InChI=1S/C14H19NO3S/c1-19-13-4-2-10(3-5-13)15-14(18)9-6-11(16)8-12(17)7-9/h6-8,10,13,16-17H,2-5H2,1H3,(H,15,18). The second kappa shape index (κ2) is 6.19. The number of benzene rings is 1. The van der Waals surface area contributed by atoms with Gasteiger partial charge in [-0.2, -0.15) is 11.8 Å². The van der Waals surface area contributed by atoms with E-state index in [2.05, 4.69) is 11.6 Å². The molecular formula is C14H19NO3S. The van der Waals surface area contributed by atoms with Gasteiger partial charge in [-0.05, 0) is 44.1 Å². The number of thioether (sulfide) groups is 1. The predicted molar refractivity (Wildman–Crippen MR) is 76.8 cm³/mol. The summed E-state index contributed by atoms with van der Waals surface area (Å²) < 4.78 is 0. The number of carbonyl (C=O) groups excluding carboxylic acids is 1. The van der Waals surface area contributed by atoms with Gasteiger partial charge in [-0.3, -0.25) is 4.79 Å². The van der Waals surface area contributed by atoms with Crippen molar-refractivity contribution in [2.75, 3.05) is 6.26 Å². The fourth-order valence-corrected chi connectivity index (χ4v) is 3.18. The number of carbonyl (C=O) groups is 1. The van der Waals surface area contributed by atoms with Crippen molar-refractivity contribution < 1.29 is 15.0 Å². The van der Waals surface area contributed by atoms with E-state index in [0.717, 1.165) is 25.7 Å². The highest BCUT2D eigenvalue weighted by Gasteiger charge is 2.22. The molecule has 0 bridgehead atoms. The maximum Gasteiger partial charge on any atom is 0.251 e. The molecule has 3 N–H and O–H groups in total. The third kappa shape index (κ3) is 3.80.